The molecule has 0 saturated heterocycles. The highest BCUT2D eigenvalue weighted by molar-refractivity contribution is 5.17. The van der Waals surface area contributed by atoms with Crippen molar-refractivity contribution in [1.82, 2.24) is 10.2 Å². The second-order valence-electron chi connectivity index (χ2n) is 6.76. The van der Waals surface area contributed by atoms with Crippen molar-refractivity contribution in [2.75, 3.05) is 13.6 Å². The molecule has 3 heteroatoms. The summed E-state index contributed by atoms with van der Waals surface area (Å²) in [6.45, 7) is 9.71. The van der Waals surface area contributed by atoms with Crippen molar-refractivity contribution < 1.29 is 4.42 Å². The maximum atomic E-state index is 5.62. The molecule has 1 aromatic rings. The number of hydrogen-bond donors (Lipinski definition) is 1. The molecule has 1 N–H and O–H groups in total. The summed E-state index contributed by atoms with van der Waals surface area (Å²) in [5.41, 5.74) is 1.64. The average Bonchev–Trinajstić information content (AvgIpc) is 2.95. The molecule has 1 heterocycles. The van der Waals surface area contributed by atoms with Gasteiger partial charge in [0.1, 0.15) is 5.76 Å². The van der Waals surface area contributed by atoms with Crippen molar-refractivity contribution in [3.8, 4) is 0 Å². The van der Waals surface area contributed by atoms with Gasteiger partial charge >= 0.3 is 0 Å². The normalized spacial score (nSPS) is 16.5. The Balaban J connectivity index is 1.85. The van der Waals surface area contributed by atoms with Crippen LogP contribution in [-0.2, 0) is 13.1 Å². The van der Waals surface area contributed by atoms with Crippen LogP contribution in [0.4, 0.5) is 0 Å². The number of hydrogen-bond acceptors (Lipinski definition) is 3. The summed E-state index contributed by atoms with van der Waals surface area (Å²) in [6.07, 6.45) is 4.47. The molecular formula is C15H26N2O. The number of nitrogens with one attached hydrogen (secondary N) is 1. The first-order chi connectivity index (χ1) is 8.44. The van der Waals surface area contributed by atoms with Gasteiger partial charge in [-0.15, -0.1) is 0 Å². The smallest absolute Gasteiger partial charge is 0.122 e. The fraction of sp³-hybridized carbons (Fsp3) is 0.733. The van der Waals surface area contributed by atoms with Crippen LogP contribution in [0, 0.1) is 5.41 Å². The minimum Gasteiger partial charge on any atom is -0.468 e. The highest BCUT2D eigenvalue weighted by Crippen LogP contribution is 2.21. The average molecular weight is 250 g/mol. The zero-order valence-electron chi connectivity index (χ0n) is 12.1. The van der Waals surface area contributed by atoms with E-state index >= 15 is 0 Å². The largest absolute Gasteiger partial charge is 0.468 e. The third kappa shape index (κ3) is 4.46. The van der Waals surface area contributed by atoms with E-state index in [0.717, 1.165) is 31.4 Å². The SMILES string of the molecule is CN(Cc1occc1CNC1CC1)CC(C)(C)C. The summed E-state index contributed by atoms with van der Waals surface area (Å²) >= 11 is 0. The van der Waals surface area contributed by atoms with Gasteiger partial charge in [-0.3, -0.25) is 4.90 Å². The fourth-order valence-corrected chi connectivity index (χ4v) is 2.32. The van der Waals surface area contributed by atoms with Crippen molar-refractivity contribution in [3.05, 3.63) is 23.7 Å². The Morgan fingerprint density at radius 1 is 1.39 bits per heavy atom. The zero-order valence-corrected chi connectivity index (χ0v) is 12.1. The lowest BCUT2D eigenvalue weighted by atomic mass is 9.96. The maximum Gasteiger partial charge on any atom is 0.122 e. The van der Waals surface area contributed by atoms with Gasteiger partial charge in [0.15, 0.2) is 0 Å². The van der Waals surface area contributed by atoms with Crippen molar-refractivity contribution in [1.29, 1.82) is 0 Å². The lowest BCUT2D eigenvalue weighted by molar-refractivity contribution is 0.207. The summed E-state index contributed by atoms with van der Waals surface area (Å²) in [6, 6.07) is 2.84. The molecule has 0 radical (unpaired) electrons. The number of furan rings is 1. The Kier molecular flexibility index (Phi) is 4.13. The number of rotatable bonds is 6. The Morgan fingerprint density at radius 3 is 2.72 bits per heavy atom. The van der Waals surface area contributed by atoms with Crippen LogP contribution >= 0.6 is 0 Å². The van der Waals surface area contributed by atoms with Gasteiger partial charge in [0.25, 0.3) is 0 Å². The Hall–Kier alpha value is -0.800. The molecule has 1 fully saturated rings. The maximum absolute atomic E-state index is 5.62. The predicted molar refractivity (Wildman–Crippen MR) is 74.4 cm³/mol. The van der Waals surface area contributed by atoms with E-state index in [1.165, 1.54) is 18.4 Å². The topological polar surface area (TPSA) is 28.4 Å². The third-order valence-electron chi connectivity index (χ3n) is 3.15. The van der Waals surface area contributed by atoms with Gasteiger partial charge in [-0.25, -0.2) is 0 Å². The van der Waals surface area contributed by atoms with Crippen LogP contribution in [0.5, 0.6) is 0 Å². The van der Waals surface area contributed by atoms with Crippen molar-refractivity contribution in [3.63, 3.8) is 0 Å². The summed E-state index contributed by atoms with van der Waals surface area (Å²) in [5.74, 6) is 1.11. The summed E-state index contributed by atoms with van der Waals surface area (Å²) in [4.78, 5) is 2.33. The highest BCUT2D eigenvalue weighted by atomic mass is 16.3. The minimum absolute atomic E-state index is 0.327. The lowest BCUT2D eigenvalue weighted by Gasteiger charge is -2.26. The van der Waals surface area contributed by atoms with Gasteiger partial charge in [0.05, 0.1) is 12.8 Å². The molecule has 1 aliphatic rings. The van der Waals surface area contributed by atoms with Crippen LogP contribution in [-0.4, -0.2) is 24.5 Å². The molecule has 0 atom stereocenters. The lowest BCUT2D eigenvalue weighted by Crippen LogP contribution is -2.29. The van der Waals surface area contributed by atoms with Crippen LogP contribution < -0.4 is 5.32 Å². The molecule has 2 rings (SSSR count). The summed E-state index contributed by atoms with van der Waals surface area (Å²) in [5, 5.41) is 3.54. The van der Waals surface area contributed by atoms with Gasteiger partial charge in [-0.1, -0.05) is 20.8 Å². The molecule has 18 heavy (non-hydrogen) atoms. The first kappa shape index (κ1) is 13.6. The number of nitrogens with zero attached hydrogens (tertiary/aromatic N) is 1. The van der Waals surface area contributed by atoms with E-state index < -0.39 is 0 Å². The second kappa shape index (κ2) is 5.45. The van der Waals surface area contributed by atoms with Crippen LogP contribution in [0.1, 0.15) is 44.9 Å². The van der Waals surface area contributed by atoms with E-state index in [9.17, 15) is 0 Å². The first-order valence-electron chi connectivity index (χ1n) is 6.91. The fourth-order valence-electron chi connectivity index (χ4n) is 2.32. The molecule has 1 aliphatic carbocycles. The molecule has 0 bridgehead atoms. The molecule has 102 valence electrons. The van der Waals surface area contributed by atoms with Crippen molar-refractivity contribution in [2.45, 2.75) is 52.7 Å². The van der Waals surface area contributed by atoms with Gasteiger partial charge in [0, 0.05) is 24.7 Å². The van der Waals surface area contributed by atoms with Crippen molar-refractivity contribution >= 4 is 0 Å². The van der Waals surface area contributed by atoms with Gasteiger partial charge in [-0.2, -0.15) is 0 Å². The monoisotopic (exact) mass is 250 g/mol. The van der Waals surface area contributed by atoms with E-state index in [1.807, 2.05) is 6.26 Å². The minimum atomic E-state index is 0.327. The molecule has 0 spiro atoms. The molecule has 1 aromatic heterocycles. The van der Waals surface area contributed by atoms with E-state index in [-0.39, 0.29) is 0 Å². The van der Waals surface area contributed by atoms with Crippen LogP contribution in [0.25, 0.3) is 0 Å². The van der Waals surface area contributed by atoms with Crippen LogP contribution in [0.2, 0.25) is 0 Å². The molecule has 0 aliphatic heterocycles. The summed E-state index contributed by atoms with van der Waals surface area (Å²) < 4.78 is 5.62. The van der Waals surface area contributed by atoms with Crippen LogP contribution in [0.3, 0.4) is 0 Å². The van der Waals surface area contributed by atoms with E-state index in [4.69, 9.17) is 4.42 Å². The van der Waals surface area contributed by atoms with E-state index in [2.05, 4.69) is 44.1 Å². The van der Waals surface area contributed by atoms with Gasteiger partial charge in [-0.05, 0) is 31.4 Å². The van der Waals surface area contributed by atoms with Crippen LogP contribution in [0.15, 0.2) is 16.7 Å². The van der Waals surface area contributed by atoms with E-state index in [1.54, 1.807) is 0 Å². The molecule has 3 nitrogen and oxygen atoms in total. The molecule has 0 amide bonds. The molecular weight excluding hydrogens is 224 g/mol. The summed E-state index contributed by atoms with van der Waals surface area (Å²) in [7, 11) is 2.16. The predicted octanol–water partition coefficient (Wildman–Crippen LogP) is 3.01. The second-order valence-corrected chi connectivity index (χ2v) is 6.76. The quantitative estimate of drug-likeness (QED) is 0.841. The molecule has 0 unspecified atom stereocenters. The van der Waals surface area contributed by atoms with Gasteiger partial charge < -0.3 is 9.73 Å². The van der Waals surface area contributed by atoms with Gasteiger partial charge in [0.2, 0.25) is 0 Å². The Bertz CT molecular complexity index is 374. The molecule has 1 saturated carbocycles. The zero-order chi connectivity index (χ0) is 13.2. The van der Waals surface area contributed by atoms with Crippen molar-refractivity contribution in [2.24, 2.45) is 5.41 Å². The Labute approximate surface area is 111 Å². The first-order valence-corrected chi connectivity index (χ1v) is 6.91. The standard InChI is InChI=1S/C15H26N2O/c1-15(2,3)11-17(4)10-14-12(7-8-18-14)9-16-13-5-6-13/h7-8,13,16H,5-6,9-11H2,1-4H3. The highest BCUT2D eigenvalue weighted by Gasteiger charge is 2.21. The third-order valence-corrected chi connectivity index (χ3v) is 3.15. The van der Waals surface area contributed by atoms with E-state index in [0.29, 0.717) is 5.41 Å². The Morgan fingerprint density at radius 2 is 2.11 bits per heavy atom. The molecule has 0 aromatic carbocycles.